The normalized spacial score (nSPS) is 25.3. The molecule has 0 spiro atoms. The number of hydrogen-bond acceptors (Lipinski definition) is 3. The van der Waals surface area contributed by atoms with Crippen LogP contribution in [0.3, 0.4) is 0 Å². The molecule has 3 unspecified atom stereocenters. The molecule has 0 bridgehead atoms. The van der Waals surface area contributed by atoms with Crippen molar-refractivity contribution in [2.45, 2.75) is 37.6 Å². The SMILES string of the molecule is O=C(NC1CCCC1Oc1ccccc1)N1OC1c1ccccc1. The summed E-state index contributed by atoms with van der Waals surface area (Å²) in [4.78, 5) is 17.8. The van der Waals surface area contributed by atoms with Crippen molar-refractivity contribution < 1.29 is 14.4 Å². The van der Waals surface area contributed by atoms with Gasteiger partial charge in [0, 0.05) is 5.56 Å². The molecule has 1 aliphatic heterocycles. The second-order valence-electron chi connectivity index (χ2n) is 6.15. The zero-order valence-electron chi connectivity index (χ0n) is 13.3. The summed E-state index contributed by atoms with van der Waals surface area (Å²) in [6.07, 6.45) is 2.65. The molecule has 124 valence electrons. The maximum absolute atomic E-state index is 12.4. The molecule has 1 saturated carbocycles. The molecule has 2 aliphatic rings. The van der Waals surface area contributed by atoms with E-state index in [0.717, 1.165) is 30.6 Å². The van der Waals surface area contributed by atoms with Gasteiger partial charge in [0.05, 0.1) is 6.04 Å². The van der Waals surface area contributed by atoms with Gasteiger partial charge in [-0.15, -0.1) is 0 Å². The highest BCUT2D eigenvalue weighted by molar-refractivity contribution is 5.75. The van der Waals surface area contributed by atoms with Gasteiger partial charge in [0.15, 0.2) is 0 Å². The summed E-state index contributed by atoms with van der Waals surface area (Å²) in [7, 11) is 0. The Balaban J connectivity index is 1.34. The van der Waals surface area contributed by atoms with Gasteiger partial charge in [-0.25, -0.2) is 9.63 Å². The van der Waals surface area contributed by atoms with Gasteiger partial charge in [-0.05, 0) is 31.4 Å². The van der Waals surface area contributed by atoms with Crippen LogP contribution in [-0.2, 0) is 4.84 Å². The van der Waals surface area contributed by atoms with Crippen molar-refractivity contribution in [1.82, 2.24) is 10.4 Å². The standard InChI is InChI=1S/C19H20N2O3/c22-19(21-18(24-21)14-8-3-1-4-9-14)20-16-12-7-13-17(16)23-15-10-5-2-6-11-15/h1-6,8-11,16-18H,7,12-13H2,(H,20,22). The molecule has 2 fully saturated rings. The van der Waals surface area contributed by atoms with Crippen LogP contribution in [0, 0.1) is 0 Å². The lowest BCUT2D eigenvalue weighted by atomic mass is 10.2. The molecule has 1 saturated heterocycles. The molecule has 3 atom stereocenters. The van der Waals surface area contributed by atoms with E-state index in [2.05, 4.69) is 5.32 Å². The van der Waals surface area contributed by atoms with Gasteiger partial charge >= 0.3 is 6.03 Å². The summed E-state index contributed by atoms with van der Waals surface area (Å²) >= 11 is 0. The van der Waals surface area contributed by atoms with E-state index in [4.69, 9.17) is 9.57 Å². The molecule has 1 N–H and O–H groups in total. The molecule has 5 nitrogen and oxygen atoms in total. The Labute approximate surface area is 141 Å². The second-order valence-corrected chi connectivity index (χ2v) is 6.15. The van der Waals surface area contributed by atoms with Crippen molar-refractivity contribution in [1.29, 1.82) is 0 Å². The van der Waals surface area contributed by atoms with Crippen molar-refractivity contribution in [3.05, 3.63) is 66.2 Å². The maximum Gasteiger partial charge on any atom is 0.344 e. The minimum Gasteiger partial charge on any atom is -0.488 e. The first-order chi connectivity index (χ1) is 11.8. The summed E-state index contributed by atoms with van der Waals surface area (Å²) in [5.74, 6) is 0.841. The Morgan fingerprint density at radius 3 is 2.50 bits per heavy atom. The lowest BCUT2D eigenvalue weighted by Gasteiger charge is -2.22. The third kappa shape index (κ3) is 3.21. The Bertz CT molecular complexity index is 692. The number of benzene rings is 2. The van der Waals surface area contributed by atoms with E-state index in [0.29, 0.717) is 0 Å². The summed E-state index contributed by atoms with van der Waals surface area (Å²) in [5.41, 5.74) is 0.983. The zero-order chi connectivity index (χ0) is 16.4. The quantitative estimate of drug-likeness (QED) is 0.874. The number of hydroxylamine groups is 2. The van der Waals surface area contributed by atoms with Gasteiger partial charge < -0.3 is 10.1 Å². The van der Waals surface area contributed by atoms with E-state index < -0.39 is 0 Å². The first-order valence-electron chi connectivity index (χ1n) is 8.34. The third-order valence-corrected chi connectivity index (χ3v) is 4.46. The van der Waals surface area contributed by atoms with Gasteiger partial charge in [-0.1, -0.05) is 48.5 Å². The topological polar surface area (TPSA) is 53.9 Å². The van der Waals surface area contributed by atoms with Gasteiger partial charge in [0.1, 0.15) is 11.9 Å². The minimum absolute atomic E-state index is 0.00600. The Morgan fingerprint density at radius 2 is 1.75 bits per heavy atom. The van der Waals surface area contributed by atoms with E-state index in [1.807, 2.05) is 60.7 Å². The number of rotatable bonds is 4. The van der Waals surface area contributed by atoms with Crippen LogP contribution in [0.4, 0.5) is 4.79 Å². The minimum atomic E-state index is -0.277. The largest absolute Gasteiger partial charge is 0.488 e. The number of amides is 2. The van der Waals surface area contributed by atoms with Gasteiger partial charge in [-0.3, -0.25) is 0 Å². The molecule has 2 amide bonds. The number of nitrogens with one attached hydrogen (secondary N) is 1. The van der Waals surface area contributed by atoms with Crippen LogP contribution in [-0.4, -0.2) is 23.2 Å². The average Bonchev–Trinajstić information content (AvgIpc) is 3.33. The molecule has 0 aromatic heterocycles. The maximum atomic E-state index is 12.4. The number of para-hydroxylation sites is 1. The lowest BCUT2D eigenvalue weighted by molar-refractivity contribution is 0.149. The fourth-order valence-electron chi connectivity index (χ4n) is 3.18. The molecule has 1 aliphatic carbocycles. The van der Waals surface area contributed by atoms with Gasteiger partial charge in [0.2, 0.25) is 6.23 Å². The number of urea groups is 1. The molecule has 2 aromatic carbocycles. The molecular weight excluding hydrogens is 304 g/mol. The number of hydrogen-bond donors (Lipinski definition) is 1. The first kappa shape index (κ1) is 15.0. The summed E-state index contributed by atoms with van der Waals surface area (Å²) in [6, 6.07) is 19.3. The molecule has 24 heavy (non-hydrogen) atoms. The zero-order valence-corrected chi connectivity index (χ0v) is 13.3. The molecule has 5 heteroatoms. The smallest absolute Gasteiger partial charge is 0.344 e. The van der Waals surface area contributed by atoms with Crippen LogP contribution in [0.2, 0.25) is 0 Å². The number of carbonyl (C=O) groups is 1. The van der Waals surface area contributed by atoms with E-state index in [1.165, 1.54) is 5.06 Å². The van der Waals surface area contributed by atoms with Crippen LogP contribution < -0.4 is 10.1 Å². The highest BCUT2D eigenvalue weighted by Gasteiger charge is 2.44. The first-order valence-corrected chi connectivity index (χ1v) is 8.34. The molecule has 0 radical (unpaired) electrons. The predicted octanol–water partition coefficient (Wildman–Crippen LogP) is 3.64. The van der Waals surface area contributed by atoms with E-state index >= 15 is 0 Å². The number of ether oxygens (including phenoxy) is 1. The molecule has 2 aromatic rings. The van der Waals surface area contributed by atoms with E-state index in [9.17, 15) is 4.79 Å². The highest BCUT2D eigenvalue weighted by atomic mass is 16.8. The summed E-state index contributed by atoms with van der Waals surface area (Å²) in [5, 5.41) is 4.43. The second kappa shape index (κ2) is 6.53. The fourth-order valence-corrected chi connectivity index (χ4v) is 3.18. The lowest BCUT2D eigenvalue weighted by Crippen LogP contribution is -2.44. The van der Waals surface area contributed by atoms with Crippen LogP contribution in [0.1, 0.15) is 31.1 Å². The predicted molar refractivity (Wildman–Crippen MR) is 89.1 cm³/mol. The molecular formula is C19H20N2O3. The van der Waals surface area contributed by atoms with Crippen LogP contribution >= 0.6 is 0 Å². The van der Waals surface area contributed by atoms with Crippen molar-refractivity contribution >= 4 is 6.03 Å². The number of carbonyl (C=O) groups excluding carboxylic acids is 1. The molecule has 4 rings (SSSR count). The fraction of sp³-hybridized carbons (Fsp3) is 0.316. The van der Waals surface area contributed by atoms with Crippen molar-refractivity contribution in [3.8, 4) is 5.75 Å². The Kier molecular flexibility index (Phi) is 4.09. The monoisotopic (exact) mass is 324 g/mol. The average molecular weight is 324 g/mol. The van der Waals surface area contributed by atoms with Gasteiger partial charge in [0.25, 0.3) is 0 Å². The van der Waals surface area contributed by atoms with Crippen molar-refractivity contribution in [2.75, 3.05) is 0 Å². The number of nitrogens with zero attached hydrogens (tertiary/aromatic N) is 1. The molecule has 1 heterocycles. The van der Waals surface area contributed by atoms with E-state index in [1.54, 1.807) is 0 Å². The summed E-state index contributed by atoms with van der Waals surface area (Å²) in [6.45, 7) is 0. The third-order valence-electron chi connectivity index (χ3n) is 4.46. The van der Waals surface area contributed by atoms with Crippen molar-refractivity contribution in [2.24, 2.45) is 0 Å². The van der Waals surface area contributed by atoms with E-state index in [-0.39, 0.29) is 24.4 Å². The Morgan fingerprint density at radius 1 is 1.04 bits per heavy atom. The Hall–Kier alpha value is -2.53. The summed E-state index contributed by atoms with van der Waals surface area (Å²) < 4.78 is 6.03. The van der Waals surface area contributed by atoms with Crippen LogP contribution in [0.25, 0.3) is 0 Å². The van der Waals surface area contributed by atoms with Crippen molar-refractivity contribution in [3.63, 3.8) is 0 Å². The van der Waals surface area contributed by atoms with Gasteiger partial charge in [-0.2, -0.15) is 5.06 Å². The highest BCUT2D eigenvalue weighted by Crippen LogP contribution is 2.37. The van der Waals surface area contributed by atoms with Crippen LogP contribution in [0.5, 0.6) is 5.75 Å². The van der Waals surface area contributed by atoms with Crippen LogP contribution in [0.15, 0.2) is 60.7 Å².